The summed E-state index contributed by atoms with van der Waals surface area (Å²) in [5, 5.41) is 0.697. The number of piperidine rings is 1. The largest absolute Gasteiger partial charge is 0.452 e. The van der Waals surface area contributed by atoms with E-state index in [4.69, 9.17) is 10.5 Å². The Morgan fingerprint density at radius 1 is 1.27 bits per heavy atom. The third kappa shape index (κ3) is 4.45. The highest BCUT2D eigenvalue weighted by atomic mass is 32.1. The number of nitrogens with zero attached hydrogens (tertiary/aromatic N) is 2. The number of rotatable bonds is 5. The number of esters is 1. The zero-order valence-corrected chi connectivity index (χ0v) is 14.9. The zero-order valence-electron chi connectivity index (χ0n) is 14.1. The van der Waals surface area contributed by atoms with Gasteiger partial charge in [-0.25, -0.2) is 9.78 Å². The van der Waals surface area contributed by atoms with Crippen LogP contribution in [0.1, 0.15) is 17.8 Å². The number of primary amides is 1. The lowest BCUT2D eigenvalue weighted by Crippen LogP contribution is -2.43. The van der Waals surface area contributed by atoms with Crippen LogP contribution in [-0.4, -0.2) is 47.4 Å². The highest BCUT2D eigenvalue weighted by Crippen LogP contribution is 2.22. The molecule has 0 unspecified atom stereocenters. The smallest absolute Gasteiger partial charge is 0.331 e. The summed E-state index contributed by atoms with van der Waals surface area (Å²) < 4.78 is 6.03. The third-order valence-electron chi connectivity index (χ3n) is 4.26. The summed E-state index contributed by atoms with van der Waals surface area (Å²) in [4.78, 5) is 41.0. The maximum absolute atomic E-state index is 12.1. The van der Waals surface area contributed by atoms with Gasteiger partial charge in [0, 0.05) is 25.1 Å². The first-order valence-electron chi connectivity index (χ1n) is 8.30. The molecule has 0 saturated carbocycles. The number of para-hydroxylation sites is 1. The highest BCUT2D eigenvalue weighted by molar-refractivity contribution is 7.19. The van der Waals surface area contributed by atoms with E-state index in [9.17, 15) is 14.4 Å². The molecule has 1 aliphatic rings. The number of benzene rings is 1. The van der Waals surface area contributed by atoms with E-state index in [1.807, 2.05) is 24.3 Å². The molecule has 1 aromatic carbocycles. The van der Waals surface area contributed by atoms with E-state index in [2.05, 4.69) is 4.98 Å². The van der Waals surface area contributed by atoms with Crippen molar-refractivity contribution in [2.45, 2.75) is 12.8 Å². The van der Waals surface area contributed by atoms with Crippen LogP contribution < -0.4 is 5.73 Å². The minimum atomic E-state index is -0.593. The number of fused-ring (bicyclic) bond motifs is 1. The number of hydrogen-bond acceptors (Lipinski definition) is 6. The van der Waals surface area contributed by atoms with Gasteiger partial charge in [0.05, 0.1) is 10.2 Å². The molecule has 2 amide bonds. The molecule has 7 nitrogen and oxygen atoms in total. The number of aromatic nitrogens is 1. The van der Waals surface area contributed by atoms with Gasteiger partial charge in [0.1, 0.15) is 5.01 Å². The number of carbonyl (C=O) groups excluding carboxylic acids is 3. The first-order chi connectivity index (χ1) is 12.5. The lowest BCUT2D eigenvalue weighted by molar-refractivity contribution is -0.149. The summed E-state index contributed by atoms with van der Waals surface area (Å²) in [5.74, 6) is -1.37. The Kier molecular flexibility index (Phi) is 5.62. The summed E-state index contributed by atoms with van der Waals surface area (Å²) in [7, 11) is 0. The minimum absolute atomic E-state index is 0.182. The molecule has 1 saturated heterocycles. The molecule has 26 heavy (non-hydrogen) atoms. The predicted molar refractivity (Wildman–Crippen MR) is 98.1 cm³/mol. The van der Waals surface area contributed by atoms with Crippen LogP contribution in [-0.2, 0) is 19.1 Å². The lowest BCUT2D eigenvalue weighted by atomic mass is 9.96. The Labute approximate surface area is 154 Å². The molecular weight excluding hydrogens is 354 g/mol. The Hall–Kier alpha value is -2.74. The second-order valence-corrected chi connectivity index (χ2v) is 7.08. The van der Waals surface area contributed by atoms with Gasteiger partial charge in [-0.2, -0.15) is 0 Å². The van der Waals surface area contributed by atoms with Crippen LogP contribution in [0.5, 0.6) is 0 Å². The molecule has 1 aliphatic heterocycles. The van der Waals surface area contributed by atoms with Gasteiger partial charge < -0.3 is 15.4 Å². The minimum Gasteiger partial charge on any atom is -0.452 e. The fraction of sp³-hybridized carbons (Fsp3) is 0.333. The molecular formula is C18H19N3O4S. The monoisotopic (exact) mass is 373 g/mol. The van der Waals surface area contributed by atoms with Gasteiger partial charge in [-0.1, -0.05) is 12.1 Å². The van der Waals surface area contributed by atoms with Gasteiger partial charge in [-0.3, -0.25) is 9.59 Å². The fourth-order valence-electron chi connectivity index (χ4n) is 2.79. The number of hydrogen-bond donors (Lipinski definition) is 1. The van der Waals surface area contributed by atoms with Crippen LogP contribution in [0, 0.1) is 5.92 Å². The molecule has 0 spiro atoms. The molecule has 3 rings (SSSR count). The standard InChI is InChI=1S/C18H19N3O4S/c19-18(24)12-7-9-21(10-8-12)16(22)11-25-17(23)6-5-15-20-13-3-1-2-4-14(13)26-15/h1-6,12H,7-11H2,(H2,19,24)/b6-5+. The average molecular weight is 373 g/mol. The topological polar surface area (TPSA) is 103 Å². The number of carbonyl (C=O) groups is 3. The van der Waals surface area contributed by atoms with Gasteiger partial charge in [0.15, 0.2) is 6.61 Å². The van der Waals surface area contributed by atoms with Crippen LogP contribution in [0.3, 0.4) is 0 Å². The van der Waals surface area contributed by atoms with Gasteiger partial charge in [-0.05, 0) is 31.1 Å². The molecule has 136 valence electrons. The van der Waals surface area contributed by atoms with Crippen molar-refractivity contribution in [1.82, 2.24) is 9.88 Å². The molecule has 2 heterocycles. The molecule has 2 N–H and O–H groups in total. The number of thiazole rings is 1. The zero-order chi connectivity index (χ0) is 18.5. The summed E-state index contributed by atoms with van der Waals surface area (Å²) in [6.45, 7) is 0.585. The summed E-state index contributed by atoms with van der Waals surface area (Å²) >= 11 is 1.47. The fourth-order valence-corrected chi connectivity index (χ4v) is 3.66. The first kappa shape index (κ1) is 18.1. The predicted octanol–water partition coefficient (Wildman–Crippen LogP) is 1.58. The maximum atomic E-state index is 12.1. The Balaban J connectivity index is 1.46. The second-order valence-electron chi connectivity index (χ2n) is 6.02. The molecule has 0 bridgehead atoms. The van der Waals surface area contributed by atoms with Crippen molar-refractivity contribution < 1.29 is 19.1 Å². The average Bonchev–Trinajstić information content (AvgIpc) is 3.07. The van der Waals surface area contributed by atoms with Crippen molar-refractivity contribution in [3.8, 4) is 0 Å². The van der Waals surface area contributed by atoms with Crippen molar-refractivity contribution in [1.29, 1.82) is 0 Å². The van der Waals surface area contributed by atoms with E-state index in [0.29, 0.717) is 30.9 Å². The molecule has 1 fully saturated rings. The Morgan fingerprint density at radius 2 is 2.00 bits per heavy atom. The SMILES string of the molecule is NC(=O)C1CCN(C(=O)COC(=O)/C=C/c2nc3ccccc3s2)CC1. The van der Waals surface area contributed by atoms with Crippen LogP contribution in [0.4, 0.5) is 0 Å². The molecule has 0 aliphatic carbocycles. The molecule has 1 aromatic heterocycles. The van der Waals surface area contributed by atoms with E-state index in [1.54, 1.807) is 11.0 Å². The van der Waals surface area contributed by atoms with E-state index in [1.165, 1.54) is 17.4 Å². The lowest BCUT2D eigenvalue weighted by Gasteiger charge is -2.30. The summed E-state index contributed by atoms with van der Waals surface area (Å²) in [6.07, 6.45) is 3.94. The van der Waals surface area contributed by atoms with Crippen LogP contribution in [0.25, 0.3) is 16.3 Å². The summed E-state index contributed by atoms with van der Waals surface area (Å²) in [6, 6.07) is 7.70. The second kappa shape index (κ2) is 8.09. The van der Waals surface area contributed by atoms with E-state index in [-0.39, 0.29) is 24.3 Å². The number of likely N-dealkylation sites (tertiary alicyclic amines) is 1. The van der Waals surface area contributed by atoms with Crippen LogP contribution in [0.2, 0.25) is 0 Å². The van der Waals surface area contributed by atoms with Crippen molar-refractivity contribution in [3.63, 3.8) is 0 Å². The van der Waals surface area contributed by atoms with Gasteiger partial charge >= 0.3 is 5.97 Å². The Morgan fingerprint density at radius 3 is 2.69 bits per heavy atom. The van der Waals surface area contributed by atoms with Crippen molar-refractivity contribution >= 4 is 45.4 Å². The normalized spacial score (nSPS) is 15.5. The van der Waals surface area contributed by atoms with E-state index in [0.717, 1.165) is 10.2 Å². The van der Waals surface area contributed by atoms with Gasteiger partial charge in [0.2, 0.25) is 5.91 Å². The number of nitrogens with two attached hydrogens (primary N) is 1. The van der Waals surface area contributed by atoms with E-state index < -0.39 is 5.97 Å². The highest BCUT2D eigenvalue weighted by Gasteiger charge is 2.26. The first-order valence-corrected chi connectivity index (χ1v) is 9.12. The van der Waals surface area contributed by atoms with Crippen molar-refractivity contribution in [2.24, 2.45) is 11.7 Å². The molecule has 8 heteroatoms. The van der Waals surface area contributed by atoms with Crippen LogP contribution >= 0.6 is 11.3 Å². The van der Waals surface area contributed by atoms with E-state index >= 15 is 0 Å². The van der Waals surface area contributed by atoms with Gasteiger partial charge in [0.25, 0.3) is 5.91 Å². The van der Waals surface area contributed by atoms with Crippen molar-refractivity contribution in [3.05, 3.63) is 35.3 Å². The Bertz CT molecular complexity index is 820. The molecule has 0 radical (unpaired) electrons. The molecule has 0 atom stereocenters. The summed E-state index contributed by atoms with van der Waals surface area (Å²) in [5.41, 5.74) is 6.14. The number of amides is 2. The number of ether oxygens (including phenoxy) is 1. The van der Waals surface area contributed by atoms with Crippen molar-refractivity contribution in [2.75, 3.05) is 19.7 Å². The maximum Gasteiger partial charge on any atom is 0.331 e. The van der Waals surface area contributed by atoms with Crippen LogP contribution in [0.15, 0.2) is 30.3 Å². The third-order valence-corrected chi connectivity index (χ3v) is 5.26. The quantitative estimate of drug-likeness (QED) is 0.633. The van der Waals surface area contributed by atoms with Gasteiger partial charge in [-0.15, -0.1) is 11.3 Å². The molecule has 2 aromatic rings.